The van der Waals surface area contributed by atoms with Crippen LogP contribution in [0.1, 0.15) is 58.3 Å². The molecule has 0 radical (unpaired) electrons. The topological polar surface area (TPSA) is 46.2 Å². The summed E-state index contributed by atoms with van der Waals surface area (Å²) >= 11 is 0. The van der Waals surface area contributed by atoms with Crippen LogP contribution < -0.4 is 5.32 Å². The first kappa shape index (κ1) is 15.8. The van der Waals surface area contributed by atoms with E-state index in [1.807, 2.05) is 0 Å². The highest BCUT2D eigenvalue weighted by molar-refractivity contribution is 7.90. The van der Waals surface area contributed by atoms with E-state index in [0.717, 1.165) is 37.1 Å². The van der Waals surface area contributed by atoms with Gasteiger partial charge in [0.1, 0.15) is 9.84 Å². The van der Waals surface area contributed by atoms with Crippen molar-refractivity contribution in [1.82, 2.24) is 5.32 Å². The van der Waals surface area contributed by atoms with Crippen molar-refractivity contribution in [2.45, 2.75) is 64.3 Å². The summed E-state index contributed by atoms with van der Waals surface area (Å²) in [6.45, 7) is 3.22. The molecule has 3 nitrogen and oxygen atoms in total. The minimum Gasteiger partial charge on any atom is -0.313 e. The quantitative estimate of drug-likeness (QED) is 0.786. The van der Waals surface area contributed by atoms with Crippen LogP contribution in [0.2, 0.25) is 0 Å². The van der Waals surface area contributed by atoms with Gasteiger partial charge in [0.25, 0.3) is 0 Å². The minimum absolute atomic E-state index is 0.343. The highest BCUT2D eigenvalue weighted by Crippen LogP contribution is 2.61. The van der Waals surface area contributed by atoms with Crippen LogP contribution in [0.5, 0.6) is 0 Å². The Hall–Kier alpha value is -0.0900. The molecule has 0 aromatic carbocycles. The summed E-state index contributed by atoms with van der Waals surface area (Å²) in [6.07, 6.45) is 11.7. The smallest absolute Gasteiger partial charge is 0.147 e. The predicted octanol–water partition coefficient (Wildman–Crippen LogP) is 3.01. The summed E-state index contributed by atoms with van der Waals surface area (Å²) in [5.41, 5.74) is 0.411. The fraction of sp³-hybridized carbons (Fsp3) is 1.00. The lowest BCUT2D eigenvalue weighted by atomic mass is 9.47. The molecule has 0 spiro atoms. The van der Waals surface area contributed by atoms with Gasteiger partial charge in [-0.25, -0.2) is 8.42 Å². The molecule has 0 amide bonds. The second-order valence-corrected chi connectivity index (χ2v) is 10.5. The molecule has 21 heavy (non-hydrogen) atoms. The van der Waals surface area contributed by atoms with Gasteiger partial charge in [-0.15, -0.1) is 0 Å². The van der Waals surface area contributed by atoms with Crippen molar-refractivity contribution in [3.63, 3.8) is 0 Å². The van der Waals surface area contributed by atoms with Crippen molar-refractivity contribution < 1.29 is 8.42 Å². The average Bonchev–Trinajstić information content (AvgIpc) is 2.35. The Balaban J connectivity index is 1.75. The fourth-order valence-corrected chi connectivity index (χ4v) is 6.54. The van der Waals surface area contributed by atoms with Crippen molar-refractivity contribution in [2.75, 3.05) is 18.6 Å². The molecule has 4 aliphatic rings. The normalized spacial score (nSPS) is 39.6. The molecular weight excluding hydrogens is 282 g/mol. The van der Waals surface area contributed by atoms with Gasteiger partial charge in [0.15, 0.2) is 0 Å². The SMILES string of the molecule is CCCNC(CCS(C)(=O)=O)C12CC3CC(CC(C3)C1)C2. The van der Waals surface area contributed by atoms with E-state index < -0.39 is 9.84 Å². The van der Waals surface area contributed by atoms with Gasteiger partial charge in [-0.05, 0) is 81.1 Å². The van der Waals surface area contributed by atoms with Crippen molar-refractivity contribution in [3.05, 3.63) is 0 Å². The molecule has 122 valence electrons. The number of rotatable bonds is 7. The number of nitrogens with one attached hydrogen (secondary N) is 1. The van der Waals surface area contributed by atoms with Crippen LogP contribution in [-0.4, -0.2) is 33.0 Å². The molecule has 0 aliphatic heterocycles. The first-order chi connectivity index (χ1) is 9.90. The Morgan fingerprint density at radius 3 is 2.05 bits per heavy atom. The molecule has 1 atom stereocenters. The molecule has 0 aromatic rings. The molecule has 4 fully saturated rings. The molecule has 4 aliphatic carbocycles. The van der Waals surface area contributed by atoms with E-state index in [2.05, 4.69) is 12.2 Å². The third kappa shape index (κ3) is 3.47. The third-order valence-corrected chi connectivity index (χ3v) is 7.22. The lowest BCUT2D eigenvalue weighted by molar-refractivity contribution is -0.0741. The minimum atomic E-state index is -2.86. The molecule has 1 unspecified atom stereocenters. The van der Waals surface area contributed by atoms with E-state index in [-0.39, 0.29) is 0 Å². The Kier molecular flexibility index (Phi) is 4.39. The zero-order valence-corrected chi connectivity index (χ0v) is 14.4. The second kappa shape index (κ2) is 5.84. The van der Waals surface area contributed by atoms with E-state index in [4.69, 9.17) is 0 Å². The van der Waals surface area contributed by atoms with Crippen LogP contribution in [0.3, 0.4) is 0 Å². The summed E-state index contributed by atoms with van der Waals surface area (Å²) < 4.78 is 23.2. The first-order valence-electron chi connectivity index (χ1n) is 8.81. The van der Waals surface area contributed by atoms with Gasteiger partial charge in [-0.1, -0.05) is 6.92 Å². The van der Waals surface area contributed by atoms with Crippen molar-refractivity contribution in [2.24, 2.45) is 23.2 Å². The van der Waals surface area contributed by atoms with Crippen LogP contribution in [-0.2, 0) is 9.84 Å². The van der Waals surface area contributed by atoms with Gasteiger partial charge in [0.2, 0.25) is 0 Å². The standard InChI is InChI=1S/C17H31NO2S/c1-3-5-18-16(4-6-21(2,19)20)17-10-13-7-14(11-17)9-15(8-13)12-17/h13-16,18H,3-12H2,1-2H3. The van der Waals surface area contributed by atoms with Gasteiger partial charge in [-0.3, -0.25) is 0 Å². The molecule has 4 heteroatoms. The van der Waals surface area contributed by atoms with Crippen LogP contribution in [0.15, 0.2) is 0 Å². The Labute approximate surface area is 130 Å². The van der Waals surface area contributed by atoms with E-state index in [1.165, 1.54) is 44.8 Å². The molecule has 0 saturated heterocycles. The summed E-state index contributed by atoms with van der Waals surface area (Å²) in [5, 5.41) is 3.73. The molecule has 4 bridgehead atoms. The second-order valence-electron chi connectivity index (χ2n) is 8.21. The zero-order valence-electron chi connectivity index (χ0n) is 13.6. The zero-order chi connectivity index (χ0) is 15.1. The van der Waals surface area contributed by atoms with Crippen molar-refractivity contribution in [3.8, 4) is 0 Å². The van der Waals surface area contributed by atoms with Gasteiger partial charge in [-0.2, -0.15) is 0 Å². The van der Waals surface area contributed by atoms with Crippen LogP contribution >= 0.6 is 0 Å². The van der Waals surface area contributed by atoms with Gasteiger partial charge in [0, 0.05) is 12.3 Å². The van der Waals surface area contributed by atoms with E-state index in [0.29, 0.717) is 17.2 Å². The van der Waals surface area contributed by atoms with Gasteiger partial charge in [0.05, 0.1) is 5.75 Å². The fourth-order valence-electron chi connectivity index (χ4n) is 5.88. The molecule has 4 rings (SSSR count). The van der Waals surface area contributed by atoms with Crippen LogP contribution in [0, 0.1) is 23.2 Å². The highest BCUT2D eigenvalue weighted by Gasteiger charge is 2.53. The predicted molar refractivity (Wildman–Crippen MR) is 87.0 cm³/mol. The third-order valence-electron chi connectivity index (χ3n) is 6.24. The summed E-state index contributed by atoms with van der Waals surface area (Å²) in [4.78, 5) is 0. The van der Waals surface area contributed by atoms with Crippen LogP contribution in [0.25, 0.3) is 0 Å². The van der Waals surface area contributed by atoms with Gasteiger partial charge >= 0.3 is 0 Å². The van der Waals surface area contributed by atoms with Crippen LogP contribution in [0.4, 0.5) is 0 Å². The number of hydrogen-bond donors (Lipinski definition) is 1. The summed E-state index contributed by atoms with van der Waals surface area (Å²) in [6, 6.07) is 0.417. The molecule has 0 heterocycles. The molecular formula is C17H31NO2S. The monoisotopic (exact) mass is 313 g/mol. The van der Waals surface area contributed by atoms with Crippen molar-refractivity contribution in [1.29, 1.82) is 0 Å². The van der Waals surface area contributed by atoms with Gasteiger partial charge < -0.3 is 5.32 Å². The van der Waals surface area contributed by atoms with E-state index >= 15 is 0 Å². The average molecular weight is 314 g/mol. The summed E-state index contributed by atoms with van der Waals surface area (Å²) in [7, 11) is -2.86. The largest absolute Gasteiger partial charge is 0.313 e. The maximum Gasteiger partial charge on any atom is 0.147 e. The van der Waals surface area contributed by atoms with E-state index in [9.17, 15) is 8.42 Å². The number of sulfone groups is 1. The maximum absolute atomic E-state index is 11.6. The Morgan fingerprint density at radius 1 is 1.10 bits per heavy atom. The summed E-state index contributed by atoms with van der Waals surface area (Å²) in [5.74, 6) is 3.14. The lowest BCUT2D eigenvalue weighted by Gasteiger charge is -2.59. The Bertz CT molecular complexity index is 436. The van der Waals surface area contributed by atoms with Crippen molar-refractivity contribution >= 4 is 9.84 Å². The first-order valence-corrected chi connectivity index (χ1v) is 10.9. The Morgan fingerprint density at radius 2 is 1.62 bits per heavy atom. The lowest BCUT2D eigenvalue weighted by Crippen LogP contribution is -2.56. The number of hydrogen-bond acceptors (Lipinski definition) is 3. The van der Waals surface area contributed by atoms with E-state index in [1.54, 1.807) is 0 Å². The molecule has 4 saturated carbocycles. The molecule has 1 N–H and O–H groups in total. The molecule has 0 aromatic heterocycles. The maximum atomic E-state index is 11.6. The highest BCUT2D eigenvalue weighted by atomic mass is 32.2.